The van der Waals surface area contributed by atoms with E-state index in [1.807, 2.05) is 12.1 Å². The molecule has 0 saturated carbocycles. The van der Waals surface area contributed by atoms with E-state index in [2.05, 4.69) is 28.1 Å². The number of nitrogens with one attached hydrogen (secondary N) is 3. The van der Waals surface area contributed by atoms with Crippen molar-refractivity contribution < 1.29 is 9.59 Å². The van der Waals surface area contributed by atoms with Gasteiger partial charge in [-0.1, -0.05) is 24.3 Å². The summed E-state index contributed by atoms with van der Waals surface area (Å²) in [5.74, 6) is -0.100. The van der Waals surface area contributed by atoms with Crippen LogP contribution in [0, 0.1) is 0 Å². The third-order valence-corrected chi connectivity index (χ3v) is 3.78. The van der Waals surface area contributed by atoms with Gasteiger partial charge in [-0.2, -0.15) is 0 Å². The number of carbonyl (C=O) groups excluding carboxylic acids is 2. The van der Waals surface area contributed by atoms with Gasteiger partial charge in [0.2, 0.25) is 11.8 Å². The van der Waals surface area contributed by atoms with Crippen molar-refractivity contribution in [3.8, 4) is 0 Å². The van der Waals surface area contributed by atoms with E-state index in [4.69, 9.17) is 0 Å². The van der Waals surface area contributed by atoms with E-state index in [9.17, 15) is 9.59 Å². The summed E-state index contributed by atoms with van der Waals surface area (Å²) >= 11 is 0. The van der Waals surface area contributed by atoms with Gasteiger partial charge in [0.25, 0.3) is 0 Å². The Morgan fingerprint density at radius 2 is 2.16 bits per heavy atom. The second-order valence-corrected chi connectivity index (χ2v) is 5.04. The van der Waals surface area contributed by atoms with Crippen LogP contribution in [0.2, 0.25) is 0 Å². The summed E-state index contributed by atoms with van der Waals surface area (Å²) < 4.78 is 0. The lowest BCUT2D eigenvalue weighted by atomic mass is 10.1. The molecule has 5 nitrogen and oxygen atoms in total. The van der Waals surface area contributed by atoms with Crippen LogP contribution in [0.25, 0.3) is 0 Å². The van der Waals surface area contributed by atoms with E-state index in [1.165, 1.54) is 11.1 Å². The normalized spacial score (nSPS) is 25.6. The number of benzene rings is 1. The molecule has 3 rings (SSSR count). The predicted octanol–water partition coefficient (Wildman–Crippen LogP) is -0.122. The molecule has 19 heavy (non-hydrogen) atoms. The standard InChI is InChI=1S/C14H17N3O2/c18-13-8-15-12(7-16-13)14(19)17-11-6-5-9-3-1-2-4-10(9)11/h1-4,11-12,15H,5-8H2,(H,16,18)(H,17,19). The minimum atomic E-state index is -0.328. The molecule has 0 bridgehead atoms. The molecule has 1 aliphatic carbocycles. The smallest absolute Gasteiger partial charge is 0.239 e. The number of aryl methyl sites for hydroxylation is 1. The molecule has 1 aromatic rings. The van der Waals surface area contributed by atoms with E-state index in [-0.39, 0.29) is 30.4 Å². The number of amides is 2. The molecule has 1 saturated heterocycles. The molecule has 3 N–H and O–H groups in total. The zero-order chi connectivity index (χ0) is 13.2. The Kier molecular flexibility index (Phi) is 3.21. The molecule has 2 atom stereocenters. The average Bonchev–Trinajstić information content (AvgIpc) is 2.83. The lowest BCUT2D eigenvalue weighted by Crippen LogP contribution is -2.58. The van der Waals surface area contributed by atoms with Crippen molar-refractivity contribution >= 4 is 11.8 Å². The Morgan fingerprint density at radius 3 is 2.95 bits per heavy atom. The van der Waals surface area contributed by atoms with Crippen LogP contribution in [0.15, 0.2) is 24.3 Å². The quantitative estimate of drug-likeness (QED) is 0.693. The third kappa shape index (κ3) is 2.46. The van der Waals surface area contributed by atoms with Crippen molar-refractivity contribution in [1.29, 1.82) is 0 Å². The first-order valence-electron chi connectivity index (χ1n) is 6.62. The predicted molar refractivity (Wildman–Crippen MR) is 70.4 cm³/mol. The van der Waals surface area contributed by atoms with Gasteiger partial charge in [0.05, 0.1) is 12.6 Å². The van der Waals surface area contributed by atoms with Crippen molar-refractivity contribution in [1.82, 2.24) is 16.0 Å². The lowest BCUT2D eigenvalue weighted by molar-refractivity contribution is -0.127. The molecule has 0 aromatic heterocycles. The summed E-state index contributed by atoms with van der Waals surface area (Å²) in [4.78, 5) is 23.2. The SMILES string of the molecule is O=C1CNC(C(=O)NC2CCc3ccccc32)CN1. The number of hydrogen-bond acceptors (Lipinski definition) is 3. The second kappa shape index (κ2) is 5.01. The highest BCUT2D eigenvalue weighted by molar-refractivity contribution is 5.87. The summed E-state index contributed by atoms with van der Waals surface area (Å²) in [6, 6.07) is 7.99. The largest absolute Gasteiger partial charge is 0.353 e. The Morgan fingerprint density at radius 1 is 1.32 bits per heavy atom. The average molecular weight is 259 g/mol. The fourth-order valence-electron chi connectivity index (χ4n) is 2.73. The molecule has 2 aliphatic rings. The zero-order valence-electron chi connectivity index (χ0n) is 10.6. The summed E-state index contributed by atoms with van der Waals surface area (Å²) in [5.41, 5.74) is 2.54. The highest BCUT2D eigenvalue weighted by Gasteiger charge is 2.28. The van der Waals surface area contributed by atoms with Crippen LogP contribution in [-0.4, -0.2) is 30.9 Å². The molecule has 1 heterocycles. The van der Waals surface area contributed by atoms with Crippen molar-refractivity contribution in [2.45, 2.75) is 24.9 Å². The highest BCUT2D eigenvalue weighted by Crippen LogP contribution is 2.30. The van der Waals surface area contributed by atoms with E-state index in [0.717, 1.165) is 12.8 Å². The van der Waals surface area contributed by atoms with Gasteiger partial charge in [0.15, 0.2) is 0 Å². The van der Waals surface area contributed by atoms with Crippen LogP contribution >= 0.6 is 0 Å². The first-order valence-corrected chi connectivity index (χ1v) is 6.62. The van der Waals surface area contributed by atoms with Crippen molar-refractivity contribution in [2.24, 2.45) is 0 Å². The highest BCUT2D eigenvalue weighted by atomic mass is 16.2. The Bertz CT molecular complexity index is 505. The summed E-state index contributed by atoms with van der Waals surface area (Å²) in [5, 5.41) is 8.70. The molecule has 2 unspecified atom stereocenters. The van der Waals surface area contributed by atoms with Gasteiger partial charge in [-0.25, -0.2) is 0 Å². The molecular weight excluding hydrogens is 242 g/mol. The molecule has 1 aliphatic heterocycles. The maximum atomic E-state index is 12.1. The maximum Gasteiger partial charge on any atom is 0.239 e. The fraction of sp³-hybridized carbons (Fsp3) is 0.429. The topological polar surface area (TPSA) is 70.2 Å². The van der Waals surface area contributed by atoms with E-state index < -0.39 is 0 Å². The van der Waals surface area contributed by atoms with E-state index in [1.54, 1.807) is 0 Å². The Hall–Kier alpha value is -1.88. The van der Waals surface area contributed by atoms with Crippen LogP contribution in [0.3, 0.4) is 0 Å². The number of carbonyl (C=O) groups is 2. The molecule has 100 valence electrons. The minimum absolute atomic E-state index is 0.0401. The van der Waals surface area contributed by atoms with E-state index in [0.29, 0.717) is 6.54 Å². The summed E-state index contributed by atoms with van der Waals surface area (Å²) in [6.07, 6.45) is 1.96. The minimum Gasteiger partial charge on any atom is -0.353 e. The van der Waals surface area contributed by atoms with Crippen molar-refractivity contribution in [2.75, 3.05) is 13.1 Å². The molecule has 5 heteroatoms. The van der Waals surface area contributed by atoms with Gasteiger partial charge in [-0.15, -0.1) is 0 Å². The summed E-state index contributed by atoms with van der Waals surface area (Å²) in [7, 11) is 0. The van der Waals surface area contributed by atoms with Crippen LogP contribution in [-0.2, 0) is 16.0 Å². The van der Waals surface area contributed by atoms with Gasteiger partial charge >= 0.3 is 0 Å². The zero-order valence-corrected chi connectivity index (χ0v) is 10.6. The molecular formula is C14H17N3O2. The van der Waals surface area contributed by atoms with Crippen molar-refractivity contribution in [3.63, 3.8) is 0 Å². The van der Waals surface area contributed by atoms with Gasteiger partial charge < -0.3 is 10.6 Å². The Balaban J connectivity index is 1.63. The van der Waals surface area contributed by atoms with E-state index >= 15 is 0 Å². The molecule has 0 radical (unpaired) electrons. The molecule has 0 spiro atoms. The van der Waals surface area contributed by atoms with Crippen LogP contribution in [0.1, 0.15) is 23.6 Å². The maximum absolute atomic E-state index is 12.1. The fourth-order valence-corrected chi connectivity index (χ4v) is 2.73. The second-order valence-electron chi connectivity index (χ2n) is 5.04. The molecule has 1 fully saturated rings. The number of fused-ring (bicyclic) bond motifs is 1. The van der Waals surface area contributed by atoms with Gasteiger partial charge in [0, 0.05) is 6.54 Å². The molecule has 2 amide bonds. The van der Waals surface area contributed by atoms with Gasteiger partial charge in [-0.3, -0.25) is 14.9 Å². The van der Waals surface area contributed by atoms with Gasteiger partial charge in [0.1, 0.15) is 6.04 Å². The number of piperazine rings is 1. The van der Waals surface area contributed by atoms with Crippen molar-refractivity contribution in [3.05, 3.63) is 35.4 Å². The first-order chi connectivity index (χ1) is 9.24. The summed E-state index contributed by atoms with van der Waals surface area (Å²) in [6.45, 7) is 0.568. The molecule has 1 aromatic carbocycles. The van der Waals surface area contributed by atoms with Crippen LogP contribution in [0.5, 0.6) is 0 Å². The number of hydrogen-bond donors (Lipinski definition) is 3. The lowest BCUT2D eigenvalue weighted by Gasteiger charge is -2.25. The van der Waals surface area contributed by atoms with Crippen LogP contribution < -0.4 is 16.0 Å². The monoisotopic (exact) mass is 259 g/mol. The third-order valence-electron chi connectivity index (χ3n) is 3.78. The Labute approximate surface area is 111 Å². The van der Waals surface area contributed by atoms with Crippen LogP contribution in [0.4, 0.5) is 0 Å². The first kappa shape index (κ1) is 12.2. The van der Waals surface area contributed by atoms with Gasteiger partial charge in [-0.05, 0) is 24.0 Å². The number of rotatable bonds is 2.